The number of aromatic nitrogens is 1. The molecular weight excluding hydrogens is 372 g/mol. The van der Waals surface area contributed by atoms with Crippen LogP contribution in [0.1, 0.15) is 10.6 Å². The number of rotatable bonds is 3. The van der Waals surface area contributed by atoms with Crippen molar-refractivity contribution in [2.75, 3.05) is 0 Å². The summed E-state index contributed by atoms with van der Waals surface area (Å²) in [4.78, 5) is 4.56. The van der Waals surface area contributed by atoms with Crippen molar-refractivity contribution in [3.8, 4) is 23.1 Å². The number of benzene rings is 2. The normalized spacial score (nSPS) is 11.2. The first-order chi connectivity index (χ1) is 11.2. The Bertz CT molecular complexity index is 907. The van der Waals surface area contributed by atoms with Crippen molar-refractivity contribution in [1.29, 1.82) is 5.26 Å². The Hall–Kier alpha value is -2.42. The summed E-state index contributed by atoms with van der Waals surface area (Å²) in [6, 6.07) is 16.8. The average molecular weight is 383 g/mol. The summed E-state index contributed by atoms with van der Waals surface area (Å²) in [5, 5.41) is 21.3. The summed E-state index contributed by atoms with van der Waals surface area (Å²) in [5.74, 6) is 0.201. The number of hydrogen-bond donors (Lipinski definition) is 1. The van der Waals surface area contributed by atoms with Crippen LogP contribution in [0.25, 0.3) is 22.9 Å². The predicted octanol–water partition coefficient (Wildman–Crippen LogP) is 5.34. The molecule has 3 rings (SSSR count). The number of phenolic OH excluding ortho intramolecular Hbond substituents is 1. The average Bonchev–Trinajstić information content (AvgIpc) is 3.04. The van der Waals surface area contributed by atoms with E-state index in [1.54, 1.807) is 30.3 Å². The van der Waals surface area contributed by atoms with Crippen LogP contribution in [-0.2, 0) is 0 Å². The number of halogens is 1. The second kappa shape index (κ2) is 6.78. The van der Waals surface area contributed by atoms with E-state index in [0.29, 0.717) is 10.6 Å². The molecule has 5 heteroatoms. The van der Waals surface area contributed by atoms with Crippen molar-refractivity contribution in [3.63, 3.8) is 0 Å². The van der Waals surface area contributed by atoms with Crippen molar-refractivity contribution < 1.29 is 5.11 Å². The molecular formula is C18H11BrN2OS. The van der Waals surface area contributed by atoms with Gasteiger partial charge in [0.15, 0.2) is 0 Å². The van der Waals surface area contributed by atoms with Crippen LogP contribution in [-0.4, -0.2) is 10.1 Å². The molecule has 1 aromatic heterocycles. The van der Waals surface area contributed by atoms with Gasteiger partial charge in [-0.05, 0) is 35.9 Å². The third kappa shape index (κ3) is 3.67. The summed E-state index contributed by atoms with van der Waals surface area (Å²) >= 11 is 4.89. The highest BCUT2D eigenvalue weighted by Gasteiger charge is 2.09. The minimum Gasteiger partial charge on any atom is -0.508 e. The second-order valence-corrected chi connectivity index (χ2v) is 6.58. The molecule has 23 heavy (non-hydrogen) atoms. The van der Waals surface area contributed by atoms with Crippen LogP contribution in [0, 0.1) is 11.3 Å². The molecule has 0 spiro atoms. The van der Waals surface area contributed by atoms with Gasteiger partial charge in [0.05, 0.1) is 11.3 Å². The van der Waals surface area contributed by atoms with Crippen LogP contribution >= 0.6 is 27.3 Å². The highest BCUT2D eigenvalue weighted by atomic mass is 79.9. The number of hydrogen-bond acceptors (Lipinski definition) is 4. The van der Waals surface area contributed by atoms with Gasteiger partial charge in [0.1, 0.15) is 16.8 Å². The Labute approximate surface area is 146 Å². The molecule has 0 aliphatic heterocycles. The highest BCUT2D eigenvalue weighted by molar-refractivity contribution is 9.10. The Morgan fingerprint density at radius 3 is 2.70 bits per heavy atom. The third-order valence-corrected chi connectivity index (χ3v) is 4.55. The van der Waals surface area contributed by atoms with E-state index in [-0.39, 0.29) is 5.75 Å². The number of nitriles is 1. The molecule has 112 valence electrons. The molecule has 0 aliphatic rings. The van der Waals surface area contributed by atoms with Crippen LogP contribution in [0.5, 0.6) is 5.75 Å². The molecule has 3 aromatic rings. The lowest BCUT2D eigenvalue weighted by Crippen LogP contribution is -1.83. The number of aromatic hydroxyl groups is 1. The summed E-state index contributed by atoms with van der Waals surface area (Å²) in [6.45, 7) is 0. The van der Waals surface area contributed by atoms with Crippen molar-refractivity contribution >= 4 is 38.9 Å². The lowest BCUT2D eigenvalue weighted by molar-refractivity contribution is 0.475. The van der Waals surface area contributed by atoms with E-state index in [2.05, 4.69) is 27.0 Å². The summed E-state index contributed by atoms with van der Waals surface area (Å²) in [7, 11) is 0. The lowest BCUT2D eigenvalue weighted by Gasteiger charge is -1.98. The van der Waals surface area contributed by atoms with Crippen molar-refractivity contribution in [2.24, 2.45) is 0 Å². The van der Waals surface area contributed by atoms with E-state index >= 15 is 0 Å². The zero-order chi connectivity index (χ0) is 16.2. The van der Waals surface area contributed by atoms with Gasteiger partial charge < -0.3 is 5.11 Å². The van der Waals surface area contributed by atoms with E-state index in [1.807, 2.05) is 29.6 Å². The summed E-state index contributed by atoms with van der Waals surface area (Å²) in [5.41, 5.74) is 3.20. The number of nitrogens with zero attached hydrogens (tertiary/aromatic N) is 2. The maximum atomic E-state index is 9.41. The molecule has 0 saturated carbocycles. The van der Waals surface area contributed by atoms with Gasteiger partial charge in [-0.2, -0.15) is 5.26 Å². The molecule has 0 unspecified atom stereocenters. The van der Waals surface area contributed by atoms with E-state index < -0.39 is 0 Å². The van der Waals surface area contributed by atoms with Crippen LogP contribution in [0.3, 0.4) is 0 Å². The van der Waals surface area contributed by atoms with Crippen molar-refractivity contribution in [1.82, 2.24) is 4.98 Å². The van der Waals surface area contributed by atoms with Gasteiger partial charge in [-0.1, -0.05) is 40.2 Å². The van der Waals surface area contributed by atoms with E-state index in [0.717, 1.165) is 21.3 Å². The van der Waals surface area contributed by atoms with Crippen molar-refractivity contribution in [3.05, 3.63) is 69.0 Å². The molecule has 0 saturated heterocycles. The smallest absolute Gasteiger partial charge is 0.134 e. The minimum atomic E-state index is 0.201. The molecule has 0 radical (unpaired) electrons. The maximum absolute atomic E-state index is 9.41. The van der Waals surface area contributed by atoms with Crippen LogP contribution in [0.2, 0.25) is 0 Å². The van der Waals surface area contributed by atoms with Gasteiger partial charge in [-0.3, -0.25) is 0 Å². The number of thiazole rings is 1. The van der Waals surface area contributed by atoms with Crippen LogP contribution in [0.4, 0.5) is 0 Å². The summed E-state index contributed by atoms with van der Waals surface area (Å²) in [6.07, 6.45) is 1.77. The molecule has 0 atom stereocenters. The predicted molar refractivity (Wildman–Crippen MR) is 96.8 cm³/mol. The highest BCUT2D eigenvalue weighted by Crippen LogP contribution is 2.28. The maximum Gasteiger partial charge on any atom is 0.134 e. The summed E-state index contributed by atoms with van der Waals surface area (Å²) < 4.78 is 0.990. The fourth-order valence-electron chi connectivity index (χ4n) is 2.06. The molecule has 3 nitrogen and oxygen atoms in total. The van der Waals surface area contributed by atoms with Gasteiger partial charge in [-0.25, -0.2) is 4.98 Å². The number of allylic oxidation sites excluding steroid dienone is 1. The zero-order valence-electron chi connectivity index (χ0n) is 11.9. The Morgan fingerprint density at radius 2 is 2.00 bits per heavy atom. The first-order valence-electron chi connectivity index (χ1n) is 6.78. The minimum absolute atomic E-state index is 0.201. The van der Waals surface area contributed by atoms with Crippen LogP contribution in [0.15, 0.2) is 58.4 Å². The fourth-order valence-corrected chi connectivity index (χ4v) is 3.25. The molecule has 1 N–H and O–H groups in total. The Balaban J connectivity index is 1.94. The van der Waals surface area contributed by atoms with Gasteiger partial charge in [0.2, 0.25) is 0 Å². The molecule has 0 aliphatic carbocycles. The SMILES string of the molecule is N#C/C(=C\c1ccc(O)cc1)c1nc(-c2cccc(Br)c2)cs1. The van der Waals surface area contributed by atoms with Gasteiger partial charge in [-0.15, -0.1) is 11.3 Å². The Morgan fingerprint density at radius 1 is 1.22 bits per heavy atom. The van der Waals surface area contributed by atoms with Gasteiger partial charge in [0, 0.05) is 15.4 Å². The van der Waals surface area contributed by atoms with Crippen molar-refractivity contribution in [2.45, 2.75) is 0 Å². The van der Waals surface area contributed by atoms with Gasteiger partial charge >= 0.3 is 0 Å². The monoisotopic (exact) mass is 382 g/mol. The van der Waals surface area contributed by atoms with Crippen LogP contribution < -0.4 is 0 Å². The zero-order valence-corrected chi connectivity index (χ0v) is 14.3. The largest absolute Gasteiger partial charge is 0.508 e. The topological polar surface area (TPSA) is 56.9 Å². The van der Waals surface area contributed by atoms with E-state index in [1.165, 1.54) is 11.3 Å². The standard InChI is InChI=1S/C18H11BrN2OS/c19-15-3-1-2-13(9-15)17-11-23-18(21-17)14(10-20)8-12-4-6-16(22)7-5-12/h1-9,11,22H/b14-8+. The first-order valence-corrected chi connectivity index (χ1v) is 8.45. The lowest BCUT2D eigenvalue weighted by atomic mass is 10.1. The fraction of sp³-hybridized carbons (Fsp3) is 0. The molecule has 2 aromatic carbocycles. The Kier molecular flexibility index (Phi) is 4.56. The van der Waals surface area contributed by atoms with E-state index in [9.17, 15) is 10.4 Å². The quantitative estimate of drug-likeness (QED) is 0.621. The van der Waals surface area contributed by atoms with E-state index in [4.69, 9.17) is 0 Å². The number of phenols is 1. The third-order valence-electron chi connectivity index (χ3n) is 3.18. The second-order valence-electron chi connectivity index (χ2n) is 4.81. The molecule has 0 amide bonds. The molecule has 0 bridgehead atoms. The molecule has 1 heterocycles. The first kappa shape index (κ1) is 15.5. The molecule has 0 fully saturated rings. The van der Waals surface area contributed by atoms with Gasteiger partial charge in [0.25, 0.3) is 0 Å².